The van der Waals surface area contributed by atoms with Gasteiger partial charge in [-0.1, -0.05) is 13.8 Å². The molecule has 2 heteroatoms. The van der Waals surface area contributed by atoms with Crippen LogP contribution in [0.1, 0.15) is 33.6 Å². The first kappa shape index (κ1) is 8.83. The Morgan fingerprint density at radius 3 is 2.17 bits per heavy atom. The van der Waals surface area contributed by atoms with Crippen molar-refractivity contribution in [1.29, 1.82) is 0 Å². The molecule has 0 heterocycles. The third-order valence-electron chi connectivity index (χ3n) is 4.31. The zero-order valence-electron chi connectivity index (χ0n) is 7.97. The topological polar surface area (TPSA) is 20.2 Å². The van der Waals surface area contributed by atoms with E-state index < -0.39 is 0 Å². The maximum Gasteiger partial charge on any atom is 0.0734 e. The highest BCUT2D eigenvalue weighted by Gasteiger charge is 2.62. The molecule has 3 aliphatic rings. The molecule has 0 saturated heterocycles. The summed E-state index contributed by atoms with van der Waals surface area (Å²) in [5.41, 5.74) is 0.357. The monoisotopic (exact) mass is 188 g/mol. The van der Waals surface area contributed by atoms with Gasteiger partial charge < -0.3 is 5.11 Å². The van der Waals surface area contributed by atoms with Crippen molar-refractivity contribution in [3.05, 3.63) is 0 Å². The Labute approximate surface area is 79.1 Å². The maximum atomic E-state index is 9.74. The van der Waals surface area contributed by atoms with Crippen LogP contribution in [-0.2, 0) is 0 Å². The zero-order chi connectivity index (χ0) is 9.15. The molecule has 0 aromatic heterocycles. The van der Waals surface area contributed by atoms with E-state index in [1.165, 1.54) is 6.42 Å². The molecule has 3 saturated carbocycles. The highest BCUT2D eigenvalue weighted by molar-refractivity contribution is 6.24. The van der Waals surface area contributed by atoms with Gasteiger partial charge in [-0.05, 0) is 37.0 Å². The summed E-state index contributed by atoms with van der Waals surface area (Å²) in [5.74, 6) is 1.20. The Morgan fingerprint density at radius 1 is 1.25 bits per heavy atom. The molecule has 3 rings (SSSR count). The molecule has 1 N–H and O–H groups in total. The Bertz CT molecular complexity index is 210. The number of aliphatic hydroxyl groups is 1. The van der Waals surface area contributed by atoms with Gasteiger partial charge >= 0.3 is 0 Å². The van der Waals surface area contributed by atoms with Crippen LogP contribution < -0.4 is 0 Å². The van der Waals surface area contributed by atoms with E-state index in [4.69, 9.17) is 11.6 Å². The molecule has 2 bridgehead atoms. The second-order valence-corrected chi connectivity index (χ2v) is 6.02. The molecule has 0 aliphatic heterocycles. The van der Waals surface area contributed by atoms with Crippen LogP contribution in [0.5, 0.6) is 0 Å². The van der Waals surface area contributed by atoms with Crippen molar-refractivity contribution in [2.45, 2.75) is 44.6 Å². The minimum Gasteiger partial charge on any atom is -0.391 e. The van der Waals surface area contributed by atoms with Crippen LogP contribution in [0, 0.1) is 17.3 Å². The van der Waals surface area contributed by atoms with E-state index in [2.05, 4.69) is 13.8 Å². The normalized spacial score (nSPS) is 56.2. The van der Waals surface area contributed by atoms with Gasteiger partial charge in [0, 0.05) is 0 Å². The molecule has 0 aromatic carbocycles. The van der Waals surface area contributed by atoms with Gasteiger partial charge in [-0.2, -0.15) is 0 Å². The minimum absolute atomic E-state index is 0.295. The highest BCUT2D eigenvalue weighted by Crippen LogP contribution is 2.64. The van der Waals surface area contributed by atoms with E-state index in [9.17, 15) is 5.11 Å². The summed E-state index contributed by atoms with van der Waals surface area (Å²) in [5, 5.41) is 9.74. The molecule has 70 valence electrons. The number of halogens is 1. The number of rotatable bonds is 0. The van der Waals surface area contributed by atoms with Crippen molar-refractivity contribution in [2.24, 2.45) is 17.3 Å². The van der Waals surface area contributed by atoms with Crippen LogP contribution in [0.4, 0.5) is 0 Å². The van der Waals surface area contributed by atoms with Gasteiger partial charge in [0.15, 0.2) is 0 Å². The van der Waals surface area contributed by atoms with Crippen LogP contribution in [-0.4, -0.2) is 16.1 Å². The average Bonchev–Trinajstić information content (AvgIpc) is 1.93. The summed E-state index contributed by atoms with van der Waals surface area (Å²) >= 11 is 6.35. The molecule has 0 spiro atoms. The maximum absolute atomic E-state index is 9.74. The summed E-state index contributed by atoms with van der Waals surface area (Å²) in [6.45, 7) is 6.54. The van der Waals surface area contributed by atoms with Crippen molar-refractivity contribution in [3.8, 4) is 0 Å². The van der Waals surface area contributed by atoms with Gasteiger partial charge in [0.05, 0.1) is 11.0 Å². The van der Waals surface area contributed by atoms with E-state index in [0.29, 0.717) is 17.3 Å². The largest absolute Gasteiger partial charge is 0.391 e. The fourth-order valence-corrected chi connectivity index (χ4v) is 3.57. The van der Waals surface area contributed by atoms with Crippen LogP contribution in [0.2, 0.25) is 0 Å². The lowest BCUT2D eigenvalue weighted by Crippen LogP contribution is -2.63. The first-order chi connectivity index (χ1) is 5.37. The number of hydrogen-bond donors (Lipinski definition) is 1. The summed E-state index contributed by atoms with van der Waals surface area (Å²) < 4.78 is 0. The molecule has 0 amide bonds. The average molecular weight is 189 g/mol. The standard InChI is InChI=1S/C10H17ClO/c1-9(2)6-4-7(9)10(3,11)8(12)5-6/h6-8,12H,4-5H2,1-3H3/t6-,7-,8+,10-/m1/s1. The molecule has 0 aromatic rings. The lowest BCUT2D eigenvalue weighted by Gasteiger charge is -2.64. The quantitative estimate of drug-likeness (QED) is 0.579. The summed E-state index contributed by atoms with van der Waals surface area (Å²) in [4.78, 5) is -0.377. The SMILES string of the molecule is CC1(C)[C@@H]2C[C@H]1[C@@](C)(Cl)[C@@H](O)C2. The van der Waals surface area contributed by atoms with Crippen molar-refractivity contribution < 1.29 is 5.11 Å². The Balaban J connectivity index is 2.27. The Kier molecular flexibility index (Phi) is 1.61. The third kappa shape index (κ3) is 0.843. The highest BCUT2D eigenvalue weighted by atomic mass is 35.5. The lowest BCUT2D eigenvalue weighted by molar-refractivity contribution is -0.141. The molecule has 3 fully saturated rings. The number of aliphatic hydroxyl groups excluding tert-OH is 1. The van der Waals surface area contributed by atoms with E-state index in [1.54, 1.807) is 0 Å². The Hall–Kier alpha value is 0.250. The van der Waals surface area contributed by atoms with Crippen molar-refractivity contribution in [3.63, 3.8) is 0 Å². The minimum atomic E-state index is -0.377. The van der Waals surface area contributed by atoms with Gasteiger partial charge in [0.2, 0.25) is 0 Å². The first-order valence-electron chi connectivity index (χ1n) is 4.73. The third-order valence-corrected chi connectivity index (χ3v) is 4.83. The van der Waals surface area contributed by atoms with Crippen LogP contribution >= 0.6 is 11.6 Å². The molecule has 1 nitrogen and oxygen atoms in total. The predicted octanol–water partition coefficient (Wildman–Crippen LogP) is 2.41. The second-order valence-electron chi connectivity index (χ2n) is 5.21. The fraction of sp³-hybridized carbons (Fsp3) is 1.00. The van der Waals surface area contributed by atoms with Gasteiger partial charge in [-0.15, -0.1) is 11.6 Å². The van der Waals surface area contributed by atoms with Crippen molar-refractivity contribution >= 4 is 11.6 Å². The van der Waals surface area contributed by atoms with Crippen LogP contribution in [0.3, 0.4) is 0 Å². The predicted molar refractivity (Wildman–Crippen MR) is 50.3 cm³/mol. The van der Waals surface area contributed by atoms with Crippen LogP contribution in [0.15, 0.2) is 0 Å². The van der Waals surface area contributed by atoms with E-state index >= 15 is 0 Å². The first-order valence-corrected chi connectivity index (χ1v) is 5.11. The zero-order valence-corrected chi connectivity index (χ0v) is 8.73. The number of fused-ring (bicyclic) bond motifs is 2. The fourth-order valence-electron chi connectivity index (χ4n) is 3.11. The van der Waals surface area contributed by atoms with E-state index in [1.807, 2.05) is 6.92 Å². The van der Waals surface area contributed by atoms with E-state index in [0.717, 1.165) is 6.42 Å². The summed E-state index contributed by atoms with van der Waals surface area (Å²) in [6.07, 6.45) is 1.81. The molecular weight excluding hydrogens is 172 g/mol. The van der Waals surface area contributed by atoms with Gasteiger partial charge in [-0.25, -0.2) is 0 Å². The Morgan fingerprint density at radius 2 is 1.83 bits per heavy atom. The van der Waals surface area contributed by atoms with Gasteiger partial charge in [0.25, 0.3) is 0 Å². The van der Waals surface area contributed by atoms with Crippen molar-refractivity contribution in [1.82, 2.24) is 0 Å². The smallest absolute Gasteiger partial charge is 0.0734 e. The molecule has 0 radical (unpaired) electrons. The molecular formula is C10H17ClO. The van der Waals surface area contributed by atoms with E-state index in [-0.39, 0.29) is 11.0 Å². The summed E-state index contributed by atoms with van der Waals surface area (Å²) in [6, 6.07) is 0. The molecule has 4 atom stereocenters. The van der Waals surface area contributed by atoms with Crippen molar-refractivity contribution in [2.75, 3.05) is 0 Å². The summed E-state index contributed by atoms with van der Waals surface area (Å²) in [7, 11) is 0. The lowest BCUT2D eigenvalue weighted by atomic mass is 9.45. The number of alkyl halides is 1. The second kappa shape index (κ2) is 2.19. The van der Waals surface area contributed by atoms with Crippen LogP contribution in [0.25, 0.3) is 0 Å². The van der Waals surface area contributed by atoms with Gasteiger partial charge in [0.1, 0.15) is 0 Å². The molecule has 0 unspecified atom stereocenters. The molecule has 12 heavy (non-hydrogen) atoms. The molecule has 3 aliphatic carbocycles. The number of hydrogen-bond acceptors (Lipinski definition) is 1. The van der Waals surface area contributed by atoms with Gasteiger partial charge in [-0.3, -0.25) is 0 Å².